The molecule has 1 aliphatic heterocycles. The molecule has 1 saturated carbocycles. The first kappa shape index (κ1) is 14.4. The van der Waals surface area contributed by atoms with Gasteiger partial charge < -0.3 is 15.2 Å². The lowest BCUT2D eigenvalue weighted by Gasteiger charge is -2.23. The van der Waals surface area contributed by atoms with E-state index < -0.39 is 6.10 Å². The highest BCUT2D eigenvalue weighted by atomic mass is 16.5. The Morgan fingerprint density at radius 2 is 1.95 bits per heavy atom. The van der Waals surface area contributed by atoms with Crippen LogP contribution in [0.3, 0.4) is 0 Å². The van der Waals surface area contributed by atoms with Crippen LogP contribution in [0.2, 0.25) is 0 Å². The lowest BCUT2D eigenvalue weighted by molar-refractivity contribution is -0.144. The van der Waals surface area contributed by atoms with Gasteiger partial charge in [-0.1, -0.05) is 13.8 Å². The second kappa shape index (κ2) is 5.19. The Kier molecular flexibility index (Phi) is 3.94. The number of ether oxygens (including phenoxy) is 1. The van der Waals surface area contributed by atoms with Crippen LogP contribution in [-0.4, -0.2) is 61.3 Å². The summed E-state index contributed by atoms with van der Waals surface area (Å²) in [5.74, 6) is -0.603. The van der Waals surface area contributed by atoms with Crippen LogP contribution in [0.25, 0.3) is 0 Å². The van der Waals surface area contributed by atoms with Gasteiger partial charge in [-0.15, -0.1) is 0 Å². The summed E-state index contributed by atoms with van der Waals surface area (Å²) in [6.07, 6.45) is -0.731. The number of carbonyl (C=O) groups is 2. The fraction of sp³-hybridized carbons (Fsp3) is 0.846. The Morgan fingerprint density at radius 3 is 2.47 bits per heavy atom. The van der Waals surface area contributed by atoms with Crippen LogP contribution >= 0.6 is 0 Å². The molecule has 108 valence electrons. The van der Waals surface area contributed by atoms with E-state index in [0.29, 0.717) is 19.7 Å². The molecule has 0 radical (unpaired) electrons. The monoisotopic (exact) mass is 270 g/mol. The summed E-state index contributed by atoms with van der Waals surface area (Å²) in [5, 5.41) is 12.8. The molecule has 6 heteroatoms. The number of amides is 2. The minimum atomic E-state index is -0.731. The smallest absolute Gasteiger partial charge is 0.233 e. The minimum absolute atomic E-state index is 0.0841. The maximum absolute atomic E-state index is 12.0. The lowest BCUT2D eigenvalue weighted by Crippen LogP contribution is -2.44. The van der Waals surface area contributed by atoms with E-state index >= 15 is 0 Å². The zero-order chi connectivity index (χ0) is 14.2. The third kappa shape index (κ3) is 2.52. The normalized spacial score (nSPS) is 29.6. The summed E-state index contributed by atoms with van der Waals surface area (Å²) in [6.45, 7) is 5.51. The topological polar surface area (TPSA) is 78.9 Å². The number of aliphatic hydroxyl groups excluding tert-OH is 1. The molecule has 0 bridgehead atoms. The van der Waals surface area contributed by atoms with Crippen LogP contribution < -0.4 is 5.32 Å². The predicted molar refractivity (Wildman–Crippen MR) is 68.2 cm³/mol. The van der Waals surface area contributed by atoms with E-state index in [2.05, 4.69) is 5.32 Å². The van der Waals surface area contributed by atoms with Gasteiger partial charge in [0.2, 0.25) is 11.8 Å². The first-order valence-corrected chi connectivity index (χ1v) is 6.64. The molecular weight excluding hydrogens is 248 g/mol. The highest BCUT2D eigenvalue weighted by Crippen LogP contribution is 2.63. The van der Waals surface area contributed by atoms with E-state index in [9.17, 15) is 14.7 Å². The number of carbonyl (C=O) groups excluding carboxylic acids is 2. The summed E-state index contributed by atoms with van der Waals surface area (Å²) in [4.78, 5) is 25.3. The van der Waals surface area contributed by atoms with E-state index in [4.69, 9.17) is 4.74 Å². The Balaban J connectivity index is 1.78. The van der Waals surface area contributed by atoms with Crippen molar-refractivity contribution in [3.8, 4) is 0 Å². The van der Waals surface area contributed by atoms with E-state index in [1.165, 1.54) is 4.90 Å². The highest BCUT2D eigenvalue weighted by Gasteiger charge is 2.72. The fourth-order valence-corrected chi connectivity index (χ4v) is 2.90. The van der Waals surface area contributed by atoms with Crippen molar-refractivity contribution < 1.29 is 19.4 Å². The minimum Gasteiger partial charge on any atom is -0.390 e. The molecule has 0 spiro atoms. The number of β-amino-alcohol motifs (C(OH)–C–C–N with tert-alkyl or cyclic N) is 1. The van der Waals surface area contributed by atoms with Crippen molar-refractivity contribution in [2.24, 2.45) is 17.3 Å². The molecule has 1 aliphatic carbocycles. The highest BCUT2D eigenvalue weighted by molar-refractivity contribution is 6.10. The van der Waals surface area contributed by atoms with Gasteiger partial charge in [0.25, 0.3) is 0 Å². The molecule has 6 nitrogen and oxygen atoms in total. The van der Waals surface area contributed by atoms with Gasteiger partial charge in [-0.05, 0) is 5.41 Å². The van der Waals surface area contributed by atoms with Crippen LogP contribution in [0.5, 0.6) is 0 Å². The number of imide groups is 1. The molecular formula is C13H22N2O4. The van der Waals surface area contributed by atoms with Gasteiger partial charge in [0.05, 0.1) is 31.1 Å². The van der Waals surface area contributed by atoms with E-state index in [1.807, 2.05) is 13.8 Å². The Bertz CT molecular complexity index is 359. The molecule has 2 fully saturated rings. The van der Waals surface area contributed by atoms with Crippen LogP contribution in [0.4, 0.5) is 0 Å². The third-order valence-electron chi connectivity index (χ3n) is 4.15. The molecule has 0 aromatic heterocycles. The molecule has 3 atom stereocenters. The Hall–Kier alpha value is -0.980. The maximum atomic E-state index is 12.0. The number of methoxy groups -OCH3 is 1. The molecule has 0 aromatic carbocycles. The van der Waals surface area contributed by atoms with Gasteiger partial charge in [-0.2, -0.15) is 0 Å². The van der Waals surface area contributed by atoms with Crippen LogP contribution in [0, 0.1) is 17.3 Å². The number of nitrogens with one attached hydrogen (secondary N) is 1. The SMILES string of the molecule is COCCNCC(O)CN1C(=O)C2C(C1=O)C2(C)C. The second-order valence-electron chi connectivity index (χ2n) is 5.91. The number of rotatable bonds is 7. The number of piperidine rings is 1. The number of aliphatic hydroxyl groups is 1. The van der Waals surface area contributed by atoms with Crippen molar-refractivity contribution in [3.63, 3.8) is 0 Å². The Morgan fingerprint density at radius 1 is 1.37 bits per heavy atom. The zero-order valence-electron chi connectivity index (χ0n) is 11.7. The van der Waals surface area contributed by atoms with Crippen LogP contribution in [0.15, 0.2) is 0 Å². The second-order valence-corrected chi connectivity index (χ2v) is 5.91. The Labute approximate surface area is 113 Å². The third-order valence-corrected chi connectivity index (χ3v) is 4.15. The number of fused-ring (bicyclic) bond motifs is 1. The summed E-state index contributed by atoms with van der Waals surface area (Å²) in [5.41, 5.74) is -0.188. The summed E-state index contributed by atoms with van der Waals surface area (Å²) >= 11 is 0. The first-order valence-electron chi connectivity index (χ1n) is 6.64. The number of likely N-dealkylation sites (tertiary alicyclic amines) is 1. The van der Waals surface area contributed by atoms with Gasteiger partial charge >= 0.3 is 0 Å². The van der Waals surface area contributed by atoms with Crippen molar-refractivity contribution in [1.82, 2.24) is 10.2 Å². The molecule has 2 rings (SSSR count). The van der Waals surface area contributed by atoms with E-state index in [1.54, 1.807) is 7.11 Å². The van der Waals surface area contributed by atoms with Gasteiger partial charge in [-0.3, -0.25) is 14.5 Å². The number of nitrogens with zero attached hydrogens (tertiary/aromatic N) is 1. The van der Waals surface area contributed by atoms with Crippen LogP contribution in [-0.2, 0) is 14.3 Å². The maximum Gasteiger partial charge on any atom is 0.233 e. The summed E-state index contributed by atoms with van der Waals surface area (Å²) in [7, 11) is 1.60. The summed E-state index contributed by atoms with van der Waals surface area (Å²) in [6, 6.07) is 0. The molecule has 2 aliphatic rings. The van der Waals surface area contributed by atoms with Crippen LogP contribution in [0.1, 0.15) is 13.8 Å². The van der Waals surface area contributed by atoms with Crippen molar-refractivity contribution >= 4 is 11.8 Å². The quantitative estimate of drug-likeness (QED) is 0.469. The lowest BCUT2D eigenvalue weighted by atomic mass is 10.1. The molecule has 3 unspecified atom stereocenters. The fourth-order valence-electron chi connectivity index (χ4n) is 2.90. The molecule has 2 N–H and O–H groups in total. The largest absolute Gasteiger partial charge is 0.390 e. The van der Waals surface area contributed by atoms with Gasteiger partial charge in [0.15, 0.2) is 0 Å². The van der Waals surface area contributed by atoms with Crippen molar-refractivity contribution in [3.05, 3.63) is 0 Å². The van der Waals surface area contributed by atoms with Crippen molar-refractivity contribution in [2.75, 3.05) is 33.4 Å². The standard InChI is InChI=1S/C13H22N2O4/c1-13(2)9-10(13)12(18)15(11(9)17)7-8(16)6-14-4-5-19-3/h8-10,14,16H,4-7H2,1-3H3. The number of hydrogen-bond acceptors (Lipinski definition) is 5. The van der Waals surface area contributed by atoms with Gasteiger partial charge in [0, 0.05) is 20.2 Å². The zero-order valence-corrected chi connectivity index (χ0v) is 11.7. The van der Waals surface area contributed by atoms with Crippen molar-refractivity contribution in [2.45, 2.75) is 20.0 Å². The molecule has 0 aromatic rings. The molecule has 1 saturated heterocycles. The van der Waals surface area contributed by atoms with Crippen molar-refractivity contribution in [1.29, 1.82) is 0 Å². The van der Waals surface area contributed by atoms with E-state index in [-0.39, 0.29) is 35.6 Å². The average Bonchev–Trinajstić information content (AvgIpc) is 2.82. The number of hydrogen-bond donors (Lipinski definition) is 2. The molecule has 19 heavy (non-hydrogen) atoms. The first-order chi connectivity index (χ1) is 8.91. The predicted octanol–water partition coefficient (Wildman–Crippen LogP) is -0.776. The van der Waals surface area contributed by atoms with Gasteiger partial charge in [-0.25, -0.2) is 0 Å². The van der Waals surface area contributed by atoms with Gasteiger partial charge in [0.1, 0.15) is 0 Å². The van der Waals surface area contributed by atoms with E-state index in [0.717, 1.165) is 0 Å². The molecule has 2 amide bonds. The average molecular weight is 270 g/mol. The molecule has 1 heterocycles. The summed E-state index contributed by atoms with van der Waals surface area (Å²) < 4.78 is 4.87.